The van der Waals surface area contributed by atoms with Gasteiger partial charge < -0.3 is 14.8 Å². The Bertz CT molecular complexity index is 678. The third kappa shape index (κ3) is 1.45. The second kappa shape index (κ2) is 4.21. The van der Waals surface area contributed by atoms with E-state index in [4.69, 9.17) is 9.47 Å². The van der Waals surface area contributed by atoms with Crippen LogP contribution in [0, 0.1) is 5.92 Å². The quantitative estimate of drug-likeness (QED) is 0.901. The number of carbonyl (C=O) groups is 1. The molecule has 0 spiro atoms. The number of nitrogens with one attached hydrogen (secondary N) is 1. The Morgan fingerprint density at radius 2 is 2.00 bits per heavy atom. The Balaban J connectivity index is 1.87. The summed E-state index contributed by atoms with van der Waals surface area (Å²) in [5, 5.41) is 3.07. The van der Waals surface area contributed by atoms with Crippen molar-refractivity contribution in [2.75, 3.05) is 14.2 Å². The van der Waals surface area contributed by atoms with Gasteiger partial charge in [0.2, 0.25) is 5.91 Å². The molecule has 1 aromatic carbocycles. The van der Waals surface area contributed by atoms with Crippen molar-refractivity contribution < 1.29 is 14.3 Å². The van der Waals surface area contributed by atoms with Crippen LogP contribution in [0.4, 0.5) is 0 Å². The summed E-state index contributed by atoms with van der Waals surface area (Å²) in [5.41, 5.74) is 1.98. The molecule has 1 aromatic rings. The molecule has 1 amide bonds. The van der Waals surface area contributed by atoms with Crippen molar-refractivity contribution in [1.82, 2.24) is 5.32 Å². The van der Waals surface area contributed by atoms with Crippen molar-refractivity contribution in [2.24, 2.45) is 5.92 Å². The molecule has 4 rings (SSSR count). The van der Waals surface area contributed by atoms with Crippen LogP contribution in [0.2, 0.25) is 0 Å². The van der Waals surface area contributed by atoms with Gasteiger partial charge >= 0.3 is 0 Å². The lowest BCUT2D eigenvalue weighted by Gasteiger charge is -2.61. The highest BCUT2D eigenvalue weighted by molar-refractivity contribution is 5.90. The lowest BCUT2D eigenvalue weighted by Crippen LogP contribution is -2.72. The number of hydrogen-bond donors (Lipinski definition) is 1. The Labute approximate surface area is 123 Å². The average molecular weight is 283 g/mol. The number of amides is 1. The molecule has 3 aliphatic rings. The standard InChI is InChI=1S/C17H17NO3/c1-20-12-9-13(19)18-16-14-11-6-4-3-5-10(11)7-8-17(14,21-2)15(12)16/h3-9,14-16H,1-2H3,(H,18,19)/t14-,15+,16+,17+/m0/s1. The third-order valence-electron chi connectivity index (χ3n) is 5.02. The SMILES string of the molecule is COC1=CC(=O)N[C@H]2[C@@H]1[C@@]1(OC)C=Cc3ccccc3[C@@H]21. The molecule has 2 aliphatic carbocycles. The first-order valence-corrected chi connectivity index (χ1v) is 7.10. The molecule has 1 N–H and O–H groups in total. The van der Waals surface area contributed by atoms with Gasteiger partial charge in [-0.05, 0) is 11.1 Å². The smallest absolute Gasteiger partial charge is 0.247 e. The fourth-order valence-electron chi connectivity index (χ4n) is 4.14. The molecule has 0 bridgehead atoms. The van der Waals surface area contributed by atoms with Crippen molar-refractivity contribution in [3.05, 3.63) is 53.3 Å². The van der Waals surface area contributed by atoms with Gasteiger partial charge in [-0.1, -0.05) is 36.4 Å². The number of benzene rings is 1. The fourth-order valence-corrected chi connectivity index (χ4v) is 4.14. The number of rotatable bonds is 2. The van der Waals surface area contributed by atoms with Crippen molar-refractivity contribution in [3.63, 3.8) is 0 Å². The van der Waals surface area contributed by atoms with Gasteiger partial charge in [-0.15, -0.1) is 0 Å². The maximum atomic E-state index is 11.9. The first kappa shape index (κ1) is 12.7. The topological polar surface area (TPSA) is 47.6 Å². The predicted molar refractivity (Wildman–Crippen MR) is 78.5 cm³/mol. The zero-order valence-corrected chi connectivity index (χ0v) is 12.0. The lowest BCUT2D eigenvalue weighted by atomic mass is 9.51. The summed E-state index contributed by atoms with van der Waals surface area (Å²) >= 11 is 0. The molecule has 21 heavy (non-hydrogen) atoms. The maximum Gasteiger partial charge on any atom is 0.247 e. The van der Waals surface area contributed by atoms with Gasteiger partial charge in [0.05, 0.1) is 19.1 Å². The van der Waals surface area contributed by atoms with Gasteiger partial charge in [-0.25, -0.2) is 0 Å². The van der Waals surface area contributed by atoms with Crippen LogP contribution in [-0.2, 0) is 14.3 Å². The summed E-state index contributed by atoms with van der Waals surface area (Å²) in [4.78, 5) is 11.9. The van der Waals surface area contributed by atoms with Crippen LogP contribution in [-0.4, -0.2) is 31.8 Å². The second-order valence-corrected chi connectivity index (χ2v) is 5.76. The minimum Gasteiger partial charge on any atom is -0.500 e. The summed E-state index contributed by atoms with van der Waals surface area (Å²) in [7, 11) is 3.34. The molecule has 0 unspecified atom stereocenters. The normalized spacial score (nSPS) is 35.6. The number of ether oxygens (including phenoxy) is 2. The summed E-state index contributed by atoms with van der Waals surface area (Å²) in [5.74, 6) is 0.757. The maximum absolute atomic E-state index is 11.9. The highest BCUT2D eigenvalue weighted by atomic mass is 16.5. The molecule has 4 heteroatoms. The lowest BCUT2D eigenvalue weighted by molar-refractivity contribution is -0.145. The molecule has 1 heterocycles. The Hall–Kier alpha value is -2.07. The first-order valence-electron chi connectivity index (χ1n) is 7.10. The van der Waals surface area contributed by atoms with Crippen LogP contribution >= 0.6 is 0 Å². The third-order valence-corrected chi connectivity index (χ3v) is 5.02. The largest absolute Gasteiger partial charge is 0.500 e. The van der Waals surface area contributed by atoms with Crippen LogP contribution in [0.25, 0.3) is 6.08 Å². The highest BCUT2D eigenvalue weighted by Gasteiger charge is 2.66. The van der Waals surface area contributed by atoms with E-state index in [1.54, 1.807) is 14.2 Å². The van der Waals surface area contributed by atoms with Crippen LogP contribution < -0.4 is 5.32 Å². The molecule has 4 atom stereocenters. The molecule has 0 saturated heterocycles. The van der Waals surface area contributed by atoms with Gasteiger partial charge in [-0.2, -0.15) is 0 Å². The van der Waals surface area contributed by atoms with Gasteiger partial charge in [-0.3, -0.25) is 4.79 Å². The summed E-state index contributed by atoms with van der Waals surface area (Å²) in [6.07, 6.45) is 5.76. The zero-order chi connectivity index (χ0) is 14.6. The van der Waals surface area contributed by atoms with Gasteiger partial charge in [0.15, 0.2) is 0 Å². The highest BCUT2D eigenvalue weighted by Crippen LogP contribution is 2.59. The van der Waals surface area contributed by atoms with E-state index in [-0.39, 0.29) is 23.8 Å². The molecule has 4 nitrogen and oxygen atoms in total. The monoisotopic (exact) mass is 283 g/mol. The molecule has 0 aromatic heterocycles. The Morgan fingerprint density at radius 1 is 1.19 bits per heavy atom. The van der Waals surface area contributed by atoms with Crippen molar-refractivity contribution in [2.45, 2.75) is 17.6 Å². The number of hydrogen-bond acceptors (Lipinski definition) is 3. The predicted octanol–water partition coefficient (Wildman–Crippen LogP) is 1.84. The van der Waals surface area contributed by atoms with Gasteiger partial charge in [0, 0.05) is 19.1 Å². The van der Waals surface area contributed by atoms with E-state index in [9.17, 15) is 4.79 Å². The molecule has 1 fully saturated rings. The van der Waals surface area contributed by atoms with E-state index < -0.39 is 5.60 Å². The van der Waals surface area contributed by atoms with Crippen molar-refractivity contribution >= 4 is 12.0 Å². The molecular formula is C17H17NO3. The second-order valence-electron chi connectivity index (χ2n) is 5.76. The summed E-state index contributed by atoms with van der Waals surface area (Å²) in [6, 6.07) is 8.28. The molecule has 1 saturated carbocycles. The zero-order valence-electron chi connectivity index (χ0n) is 12.0. The summed E-state index contributed by atoms with van der Waals surface area (Å²) < 4.78 is 11.4. The van der Waals surface area contributed by atoms with E-state index >= 15 is 0 Å². The number of methoxy groups -OCH3 is 2. The Kier molecular flexibility index (Phi) is 2.54. The Morgan fingerprint density at radius 3 is 2.76 bits per heavy atom. The number of carbonyl (C=O) groups excluding carboxylic acids is 1. The summed E-state index contributed by atoms with van der Waals surface area (Å²) in [6.45, 7) is 0. The minimum atomic E-state index is -0.436. The van der Waals surface area contributed by atoms with E-state index in [0.29, 0.717) is 5.76 Å². The van der Waals surface area contributed by atoms with E-state index in [1.807, 2.05) is 12.1 Å². The molecule has 108 valence electrons. The van der Waals surface area contributed by atoms with Crippen LogP contribution in [0.1, 0.15) is 17.0 Å². The van der Waals surface area contributed by atoms with E-state index in [0.717, 1.165) is 0 Å². The van der Waals surface area contributed by atoms with Crippen molar-refractivity contribution in [3.8, 4) is 0 Å². The van der Waals surface area contributed by atoms with Crippen LogP contribution in [0.3, 0.4) is 0 Å². The van der Waals surface area contributed by atoms with Crippen LogP contribution in [0.15, 0.2) is 42.2 Å². The average Bonchev–Trinajstić information content (AvgIpc) is 2.50. The van der Waals surface area contributed by atoms with Gasteiger partial charge in [0.25, 0.3) is 0 Å². The molecule has 0 radical (unpaired) electrons. The van der Waals surface area contributed by atoms with E-state index in [1.165, 1.54) is 17.2 Å². The van der Waals surface area contributed by atoms with E-state index in [2.05, 4.69) is 29.6 Å². The molecular weight excluding hydrogens is 266 g/mol. The fraction of sp³-hybridized carbons (Fsp3) is 0.353. The number of fused-ring (bicyclic) bond motifs is 6. The molecule has 1 aliphatic heterocycles. The first-order chi connectivity index (χ1) is 10.2. The van der Waals surface area contributed by atoms with Crippen molar-refractivity contribution in [1.29, 1.82) is 0 Å². The van der Waals surface area contributed by atoms with Gasteiger partial charge in [0.1, 0.15) is 11.4 Å². The van der Waals surface area contributed by atoms with Crippen LogP contribution in [0.5, 0.6) is 0 Å². The minimum absolute atomic E-state index is 0.0171.